The summed E-state index contributed by atoms with van der Waals surface area (Å²) < 4.78 is 0. The zero-order valence-corrected chi connectivity index (χ0v) is 10.7. The van der Waals surface area contributed by atoms with Gasteiger partial charge in [-0.25, -0.2) is 0 Å². The number of hydrogen-bond acceptors (Lipinski definition) is 3. The van der Waals surface area contributed by atoms with E-state index in [-0.39, 0.29) is 5.91 Å². The molecule has 0 aliphatic carbocycles. The second kappa shape index (κ2) is 4.91. The Labute approximate surface area is 106 Å². The third-order valence-electron chi connectivity index (χ3n) is 2.91. The number of anilines is 1. The molecule has 1 heterocycles. The molecule has 0 radical (unpaired) electrons. The van der Waals surface area contributed by atoms with Gasteiger partial charge in [0.15, 0.2) is 5.82 Å². The summed E-state index contributed by atoms with van der Waals surface area (Å²) >= 11 is 0. The minimum Gasteiger partial charge on any atom is -0.371 e. The monoisotopic (exact) mass is 244 g/mol. The molecule has 2 rings (SSSR count). The van der Waals surface area contributed by atoms with Crippen molar-refractivity contribution in [1.82, 2.24) is 15.5 Å². The predicted octanol–water partition coefficient (Wildman–Crippen LogP) is 1.79. The summed E-state index contributed by atoms with van der Waals surface area (Å²) in [6.45, 7) is 2.00. The van der Waals surface area contributed by atoms with Gasteiger partial charge < -0.3 is 10.6 Å². The first-order chi connectivity index (χ1) is 8.67. The molecule has 5 nitrogen and oxygen atoms in total. The Kier molecular flexibility index (Phi) is 3.32. The smallest absolute Gasteiger partial charge is 0.251 e. The van der Waals surface area contributed by atoms with Crippen LogP contribution in [0.15, 0.2) is 24.3 Å². The summed E-state index contributed by atoms with van der Waals surface area (Å²) in [5.74, 6) is 0.749. The van der Waals surface area contributed by atoms with Crippen molar-refractivity contribution in [3.63, 3.8) is 0 Å². The third-order valence-corrected chi connectivity index (χ3v) is 2.91. The molecular formula is C13H16N4O. The summed E-state index contributed by atoms with van der Waals surface area (Å²) in [6.07, 6.45) is 0. The number of carbonyl (C=O) groups excluding carboxylic acids is 1. The standard InChI is InChI=1S/C13H16N4O/c1-8-11(16-17-12(8)14-2)9-4-6-10(7-5-9)13(18)15-3/h4-7H,1-3H3,(H,15,18)(H2,14,16,17). The Hall–Kier alpha value is -2.30. The summed E-state index contributed by atoms with van der Waals surface area (Å²) in [5.41, 5.74) is 3.68. The van der Waals surface area contributed by atoms with Gasteiger partial charge in [0.2, 0.25) is 0 Å². The van der Waals surface area contributed by atoms with Gasteiger partial charge in [-0.2, -0.15) is 5.10 Å². The lowest BCUT2D eigenvalue weighted by Crippen LogP contribution is -2.17. The fraction of sp³-hybridized carbons (Fsp3) is 0.231. The Morgan fingerprint density at radius 3 is 2.39 bits per heavy atom. The van der Waals surface area contributed by atoms with Crippen LogP contribution in [0.3, 0.4) is 0 Å². The fourth-order valence-corrected chi connectivity index (χ4v) is 1.85. The van der Waals surface area contributed by atoms with E-state index in [1.54, 1.807) is 19.2 Å². The van der Waals surface area contributed by atoms with E-state index in [1.165, 1.54) is 0 Å². The van der Waals surface area contributed by atoms with Crippen LogP contribution in [0, 0.1) is 6.92 Å². The number of hydrogen-bond donors (Lipinski definition) is 3. The first-order valence-corrected chi connectivity index (χ1v) is 5.72. The van der Waals surface area contributed by atoms with Crippen LogP contribution in [0.5, 0.6) is 0 Å². The molecule has 0 bridgehead atoms. The molecule has 1 amide bonds. The van der Waals surface area contributed by atoms with E-state index in [1.807, 2.05) is 26.1 Å². The normalized spacial score (nSPS) is 10.2. The van der Waals surface area contributed by atoms with Crippen LogP contribution in [0.1, 0.15) is 15.9 Å². The number of aromatic nitrogens is 2. The number of nitrogens with zero attached hydrogens (tertiary/aromatic N) is 1. The number of H-pyrrole nitrogens is 1. The van der Waals surface area contributed by atoms with E-state index in [2.05, 4.69) is 20.8 Å². The number of rotatable bonds is 3. The zero-order valence-electron chi connectivity index (χ0n) is 10.7. The topological polar surface area (TPSA) is 69.8 Å². The van der Waals surface area contributed by atoms with Gasteiger partial charge in [-0.1, -0.05) is 12.1 Å². The molecule has 1 aromatic heterocycles. The van der Waals surface area contributed by atoms with E-state index in [4.69, 9.17) is 0 Å². The van der Waals surface area contributed by atoms with Gasteiger partial charge >= 0.3 is 0 Å². The van der Waals surface area contributed by atoms with Crippen LogP contribution in [0.4, 0.5) is 5.82 Å². The molecule has 3 N–H and O–H groups in total. The fourth-order valence-electron chi connectivity index (χ4n) is 1.85. The minimum atomic E-state index is -0.0844. The van der Waals surface area contributed by atoms with Crippen molar-refractivity contribution in [2.45, 2.75) is 6.92 Å². The molecule has 94 valence electrons. The molecule has 18 heavy (non-hydrogen) atoms. The maximum Gasteiger partial charge on any atom is 0.251 e. The molecule has 5 heteroatoms. The maximum absolute atomic E-state index is 11.4. The van der Waals surface area contributed by atoms with Crippen LogP contribution in [0.2, 0.25) is 0 Å². The Balaban J connectivity index is 2.34. The lowest BCUT2D eigenvalue weighted by molar-refractivity contribution is 0.0963. The number of nitrogens with one attached hydrogen (secondary N) is 3. The van der Waals surface area contributed by atoms with Crippen molar-refractivity contribution >= 4 is 11.7 Å². The van der Waals surface area contributed by atoms with Crippen molar-refractivity contribution in [3.05, 3.63) is 35.4 Å². The van der Waals surface area contributed by atoms with Gasteiger partial charge in [-0.05, 0) is 24.6 Å². The number of benzene rings is 1. The largest absolute Gasteiger partial charge is 0.371 e. The lowest BCUT2D eigenvalue weighted by Gasteiger charge is -2.03. The van der Waals surface area contributed by atoms with Gasteiger partial charge in [-0.15, -0.1) is 0 Å². The molecule has 2 aromatic rings. The second-order valence-corrected chi connectivity index (χ2v) is 3.98. The summed E-state index contributed by atoms with van der Waals surface area (Å²) in [7, 11) is 3.45. The Bertz CT molecular complexity index is 557. The van der Waals surface area contributed by atoms with Gasteiger partial charge in [-0.3, -0.25) is 9.89 Å². The van der Waals surface area contributed by atoms with Crippen molar-refractivity contribution in [2.24, 2.45) is 0 Å². The Morgan fingerprint density at radius 2 is 1.89 bits per heavy atom. The van der Waals surface area contributed by atoms with E-state index in [9.17, 15) is 4.79 Å². The molecule has 0 saturated heterocycles. The third kappa shape index (κ3) is 2.07. The average molecular weight is 244 g/mol. The van der Waals surface area contributed by atoms with Crippen molar-refractivity contribution in [2.75, 3.05) is 19.4 Å². The Morgan fingerprint density at radius 1 is 1.22 bits per heavy atom. The van der Waals surface area contributed by atoms with Gasteiger partial charge in [0.25, 0.3) is 5.91 Å². The van der Waals surface area contributed by atoms with Gasteiger partial charge in [0, 0.05) is 25.2 Å². The molecule has 0 unspecified atom stereocenters. The number of aromatic amines is 1. The maximum atomic E-state index is 11.4. The number of amides is 1. The highest BCUT2D eigenvalue weighted by molar-refractivity contribution is 5.94. The summed E-state index contributed by atoms with van der Waals surface area (Å²) in [6, 6.07) is 7.41. The van der Waals surface area contributed by atoms with Crippen LogP contribution >= 0.6 is 0 Å². The first-order valence-electron chi connectivity index (χ1n) is 5.72. The highest BCUT2D eigenvalue weighted by atomic mass is 16.1. The first kappa shape index (κ1) is 12.2. The molecule has 0 spiro atoms. The zero-order chi connectivity index (χ0) is 13.1. The molecular weight excluding hydrogens is 228 g/mol. The predicted molar refractivity (Wildman–Crippen MR) is 71.7 cm³/mol. The molecule has 0 saturated carbocycles. The quantitative estimate of drug-likeness (QED) is 0.771. The van der Waals surface area contributed by atoms with Gasteiger partial charge in [0.1, 0.15) is 0 Å². The lowest BCUT2D eigenvalue weighted by atomic mass is 10.1. The summed E-state index contributed by atoms with van der Waals surface area (Å²) in [5, 5.41) is 12.8. The molecule has 0 aliphatic heterocycles. The van der Waals surface area contributed by atoms with E-state index >= 15 is 0 Å². The second-order valence-electron chi connectivity index (χ2n) is 3.98. The SMILES string of the molecule is CNC(=O)c1ccc(-c2[nH]nc(NC)c2C)cc1. The van der Waals surface area contributed by atoms with E-state index < -0.39 is 0 Å². The molecule has 0 atom stereocenters. The van der Waals surface area contributed by atoms with Crippen molar-refractivity contribution in [3.8, 4) is 11.3 Å². The van der Waals surface area contributed by atoms with Gasteiger partial charge in [0.05, 0.1) is 5.69 Å². The van der Waals surface area contributed by atoms with E-state index in [0.717, 1.165) is 22.6 Å². The van der Waals surface area contributed by atoms with Crippen LogP contribution in [-0.2, 0) is 0 Å². The van der Waals surface area contributed by atoms with Crippen molar-refractivity contribution < 1.29 is 4.79 Å². The number of carbonyl (C=O) groups is 1. The van der Waals surface area contributed by atoms with Crippen molar-refractivity contribution in [1.29, 1.82) is 0 Å². The molecule has 0 fully saturated rings. The summed E-state index contributed by atoms with van der Waals surface area (Å²) in [4.78, 5) is 11.4. The average Bonchev–Trinajstić information content (AvgIpc) is 2.79. The van der Waals surface area contributed by atoms with E-state index in [0.29, 0.717) is 5.56 Å². The minimum absolute atomic E-state index is 0.0844. The molecule has 1 aromatic carbocycles. The molecule has 0 aliphatic rings. The van der Waals surface area contributed by atoms with Crippen LogP contribution < -0.4 is 10.6 Å². The highest BCUT2D eigenvalue weighted by Crippen LogP contribution is 2.25. The highest BCUT2D eigenvalue weighted by Gasteiger charge is 2.10. The van der Waals surface area contributed by atoms with Crippen LogP contribution in [-0.4, -0.2) is 30.2 Å². The van der Waals surface area contributed by atoms with Crippen LogP contribution in [0.25, 0.3) is 11.3 Å².